The molecule has 0 radical (unpaired) electrons. The highest BCUT2D eigenvalue weighted by molar-refractivity contribution is 7.99. The van der Waals surface area contributed by atoms with Crippen molar-refractivity contribution in [1.29, 1.82) is 0 Å². The molecule has 0 amide bonds. The summed E-state index contributed by atoms with van der Waals surface area (Å²) in [6.07, 6.45) is 0. The van der Waals surface area contributed by atoms with Crippen molar-refractivity contribution < 1.29 is 0 Å². The van der Waals surface area contributed by atoms with Gasteiger partial charge in [0.15, 0.2) is 0 Å². The summed E-state index contributed by atoms with van der Waals surface area (Å²) in [5, 5.41) is 0.537. The molecule has 1 aromatic rings. The minimum absolute atomic E-state index is 0.0760. The van der Waals surface area contributed by atoms with Crippen molar-refractivity contribution in [3.8, 4) is 0 Å². The molecule has 2 heterocycles. The molecule has 0 spiro atoms. The van der Waals surface area contributed by atoms with Crippen LogP contribution >= 0.6 is 23.4 Å². The summed E-state index contributed by atoms with van der Waals surface area (Å²) in [7, 11) is 0. The van der Waals surface area contributed by atoms with Gasteiger partial charge < -0.3 is 4.90 Å². The number of hydrogen-bond donors (Lipinski definition) is 0. The summed E-state index contributed by atoms with van der Waals surface area (Å²) in [5.41, 5.74) is -0.0760. The Labute approximate surface area is 118 Å². The molecule has 0 saturated carbocycles. The van der Waals surface area contributed by atoms with Crippen LogP contribution in [0.15, 0.2) is 6.07 Å². The van der Waals surface area contributed by atoms with Crippen molar-refractivity contribution in [1.82, 2.24) is 9.97 Å². The molecule has 1 aliphatic rings. The van der Waals surface area contributed by atoms with Gasteiger partial charge in [-0.2, -0.15) is 11.8 Å². The molecule has 1 fully saturated rings. The number of halogens is 1. The topological polar surface area (TPSA) is 29.0 Å². The van der Waals surface area contributed by atoms with E-state index in [9.17, 15) is 0 Å². The van der Waals surface area contributed by atoms with Gasteiger partial charge in [0, 0.05) is 35.6 Å². The van der Waals surface area contributed by atoms with E-state index in [1.54, 1.807) is 0 Å². The van der Waals surface area contributed by atoms with Crippen molar-refractivity contribution in [2.24, 2.45) is 0 Å². The van der Waals surface area contributed by atoms with Gasteiger partial charge in [0.25, 0.3) is 0 Å². The second kappa shape index (κ2) is 5.25. The molecule has 0 aromatic carbocycles. The van der Waals surface area contributed by atoms with Gasteiger partial charge in [-0.15, -0.1) is 0 Å². The number of anilines is 1. The molecule has 18 heavy (non-hydrogen) atoms. The van der Waals surface area contributed by atoms with E-state index in [0.29, 0.717) is 11.2 Å². The van der Waals surface area contributed by atoms with E-state index in [0.717, 1.165) is 29.7 Å². The fourth-order valence-electron chi connectivity index (χ4n) is 1.96. The van der Waals surface area contributed by atoms with Crippen molar-refractivity contribution in [3.05, 3.63) is 17.0 Å². The Kier molecular flexibility index (Phi) is 4.07. The van der Waals surface area contributed by atoms with E-state index in [2.05, 4.69) is 37.6 Å². The molecule has 3 nitrogen and oxygen atoms in total. The van der Waals surface area contributed by atoms with Crippen molar-refractivity contribution in [2.75, 3.05) is 23.0 Å². The maximum absolute atomic E-state index is 6.14. The maximum atomic E-state index is 6.14. The third-order valence-corrected chi connectivity index (χ3v) is 4.40. The number of hydrogen-bond acceptors (Lipinski definition) is 4. The summed E-state index contributed by atoms with van der Waals surface area (Å²) >= 11 is 8.14. The summed E-state index contributed by atoms with van der Waals surface area (Å²) < 4.78 is 0. The predicted octanol–water partition coefficient (Wildman–Crippen LogP) is 3.37. The van der Waals surface area contributed by atoms with Crippen LogP contribution in [0.3, 0.4) is 0 Å². The smallest absolute Gasteiger partial charge is 0.137 e. The first kappa shape index (κ1) is 13.9. The van der Waals surface area contributed by atoms with Crippen LogP contribution in [0.1, 0.15) is 33.5 Å². The fourth-order valence-corrected chi connectivity index (χ4v) is 3.15. The Morgan fingerprint density at radius 2 is 2.11 bits per heavy atom. The monoisotopic (exact) mass is 285 g/mol. The molecule has 0 aliphatic carbocycles. The Balaban J connectivity index is 2.35. The van der Waals surface area contributed by atoms with E-state index in [1.165, 1.54) is 0 Å². The Hall–Kier alpha value is -0.480. The van der Waals surface area contributed by atoms with Crippen LogP contribution in [0.5, 0.6) is 0 Å². The lowest BCUT2D eigenvalue weighted by Gasteiger charge is -2.34. The summed E-state index contributed by atoms with van der Waals surface area (Å²) in [4.78, 5) is 11.4. The zero-order valence-corrected chi connectivity index (χ0v) is 13.0. The second-order valence-corrected chi connectivity index (χ2v) is 7.28. The Morgan fingerprint density at radius 1 is 1.39 bits per heavy atom. The standard InChI is InChI=1S/C13H20ClN3S/c1-9-8-18-6-5-17(9)11-7-10(14)15-12(16-11)13(2,3)4/h7,9H,5-6,8H2,1-4H3. The molecule has 1 unspecified atom stereocenters. The zero-order chi connectivity index (χ0) is 13.3. The highest BCUT2D eigenvalue weighted by Gasteiger charge is 2.24. The number of nitrogens with zero attached hydrogens (tertiary/aromatic N) is 3. The van der Waals surface area contributed by atoms with Crippen LogP contribution in [-0.4, -0.2) is 34.1 Å². The van der Waals surface area contributed by atoms with Gasteiger partial charge in [0.05, 0.1) is 0 Å². The summed E-state index contributed by atoms with van der Waals surface area (Å²) in [6.45, 7) is 9.59. The molecular formula is C13H20ClN3S. The normalized spacial score (nSPS) is 21.2. The maximum Gasteiger partial charge on any atom is 0.137 e. The Bertz CT molecular complexity index is 431. The van der Waals surface area contributed by atoms with Gasteiger partial charge in [-0.05, 0) is 6.92 Å². The van der Waals surface area contributed by atoms with Gasteiger partial charge >= 0.3 is 0 Å². The van der Waals surface area contributed by atoms with Gasteiger partial charge in [0.1, 0.15) is 16.8 Å². The van der Waals surface area contributed by atoms with Crippen LogP contribution in [0.25, 0.3) is 0 Å². The zero-order valence-electron chi connectivity index (χ0n) is 11.4. The quantitative estimate of drug-likeness (QED) is 0.740. The molecule has 1 atom stereocenters. The van der Waals surface area contributed by atoms with Crippen molar-refractivity contribution in [2.45, 2.75) is 39.2 Å². The first-order valence-corrected chi connectivity index (χ1v) is 7.80. The van der Waals surface area contributed by atoms with Crippen LogP contribution in [0.2, 0.25) is 5.15 Å². The lowest BCUT2D eigenvalue weighted by molar-refractivity contribution is 0.542. The molecule has 1 saturated heterocycles. The van der Waals surface area contributed by atoms with Gasteiger partial charge in [-0.1, -0.05) is 32.4 Å². The average molecular weight is 286 g/mol. The van der Waals surface area contributed by atoms with Crippen LogP contribution < -0.4 is 4.90 Å². The average Bonchev–Trinajstić information content (AvgIpc) is 2.27. The second-order valence-electron chi connectivity index (χ2n) is 5.74. The number of thioether (sulfide) groups is 1. The first-order chi connectivity index (χ1) is 8.38. The third kappa shape index (κ3) is 3.09. The highest BCUT2D eigenvalue weighted by Crippen LogP contribution is 2.27. The van der Waals surface area contributed by atoms with Crippen molar-refractivity contribution in [3.63, 3.8) is 0 Å². The van der Waals surface area contributed by atoms with Crippen LogP contribution in [-0.2, 0) is 5.41 Å². The van der Waals surface area contributed by atoms with Gasteiger partial charge in [0.2, 0.25) is 0 Å². The highest BCUT2D eigenvalue weighted by atomic mass is 35.5. The minimum atomic E-state index is -0.0760. The van der Waals surface area contributed by atoms with Crippen LogP contribution in [0, 0.1) is 0 Å². The van der Waals surface area contributed by atoms with E-state index in [-0.39, 0.29) is 5.41 Å². The SMILES string of the molecule is CC1CSCCN1c1cc(Cl)nc(C(C)(C)C)n1. The lowest BCUT2D eigenvalue weighted by Crippen LogP contribution is -2.41. The predicted molar refractivity (Wildman–Crippen MR) is 79.9 cm³/mol. The molecule has 2 rings (SSSR count). The van der Waals surface area contributed by atoms with Gasteiger partial charge in [-0.3, -0.25) is 0 Å². The van der Waals surface area contributed by atoms with Crippen molar-refractivity contribution >= 4 is 29.2 Å². The summed E-state index contributed by atoms with van der Waals surface area (Å²) in [5.74, 6) is 4.08. The molecule has 100 valence electrons. The molecule has 0 N–H and O–H groups in total. The molecule has 5 heteroatoms. The number of aromatic nitrogens is 2. The van der Waals surface area contributed by atoms with E-state index in [1.807, 2.05) is 17.8 Å². The van der Waals surface area contributed by atoms with Gasteiger partial charge in [-0.25, -0.2) is 9.97 Å². The minimum Gasteiger partial charge on any atom is -0.352 e. The molecule has 1 aliphatic heterocycles. The number of rotatable bonds is 1. The van der Waals surface area contributed by atoms with E-state index >= 15 is 0 Å². The largest absolute Gasteiger partial charge is 0.352 e. The Morgan fingerprint density at radius 3 is 2.72 bits per heavy atom. The molecular weight excluding hydrogens is 266 g/mol. The molecule has 1 aromatic heterocycles. The summed E-state index contributed by atoms with van der Waals surface area (Å²) in [6, 6.07) is 2.38. The van der Waals surface area contributed by atoms with Crippen LogP contribution in [0.4, 0.5) is 5.82 Å². The lowest BCUT2D eigenvalue weighted by atomic mass is 9.96. The van der Waals surface area contributed by atoms with E-state index < -0.39 is 0 Å². The third-order valence-electron chi connectivity index (χ3n) is 3.01. The first-order valence-electron chi connectivity index (χ1n) is 6.27. The van der Waals surface area contributed by atoms with E-state index in [4.69, 9.17) is 16.6 Å². The molecule has 0 bridgehead atoms. The fraction of sp³-hybridized carbons (Fsp3) is 0.692.